The van der Waals surface area contributed by atoms with Gasteiger partial charge in [-0.05, 0) is 29.7 Å². The lowest BCUT2D eigenvalue weighted by Gasteiger charge is -2.11. The van der Waals surface area contributed by atoms with Crippen LogP contribution in [0, 0.1) is 0 Å². The number of halogens is 1. The number of benzene rings is 1. The normalized spacial score (nSPS) is 10.4. The maximum Gasteiger partial charge on any atom is 0.338 e. The minimum atomic E-state index is -0.314. The van der Waals surface area contributed by atoms with E-state index < -0.39 is 0 Å². The molecule has 1 aromatic carbocycles. The van der Waals surface area contributed by atoms with E-state index >= 15 is 0 Å². The zero-order valence-corrected chi connectivity index (χ0v) is 9.26. The van der Waals surface area contributed by atoms with Crippen LogP contribution in [-0.2, 0) is 4.74 Å². The number of hydrogen-bond donors (Lipinski definition) is 0. The molecule has 1 aromatic rings. The predicted molar refractivity (Wildman–Crippen MR) is 56.9 cm³/mol. The van der Waals surface area contributed by atoms with Crippen LogP contribution in [0.25, 0.3) is 0 Å². The molecule has 0 radical (unpaired) electrons. The smallest absolute Gasteiger partial charge is 0.338 e. The molecule has 0 bridgehead atoms. The van der Waals surface area contributed by atoms with Crippen LogP contribution in [0.4, 0.5) is 0 Å². The van der Waals surface area contributed by atoms with Gasteiger partial charge in [-0.2, -0.15) is 0 Å². The first-order chi connectivity index (χ1) is 6.56. The average Bonchev–Trinajstić information content (AvgIpc) is 2.16. The summed E-state index contributed by atoms with van der Waals surface area (Å²) in [5.41, 5.74) is 1.51. The third kappa shape index (κ3) is 2.26. The Morgan fingerprint density at radius 1 is 1.43 bits per heavy atom. The van der Waals surface area contributed by atoms with E-state index in [4.69, 9.17) is 11.6 Å². The topological polar surface area (TPSA) is 26.3 Å². The summed E-state index contributed by atoms with van der Waals surface area (Å²) in [5, 5.41) is 0.640. The molecule has 0 atom stereocenters. The van der Waals surface area contributed by atoms with Crippen molar-refractivity contribution in [3.8, 4) is 0 Å². The molecule has 0 aromatic heterocycles. The summed E-state index contributed by atoms with van der Waals surface area (Å²) in [6.07, 6.45) is 0. The predicted octanol–water partition coefficient (Wildman–Crippen LogP) is 3.25. The molecule has 0 saturated heterocycles. The summed E-state index contributed by atoms with van der Waals surface area (Å²) in [7, 11) is 1.38. The van der Waals surface area contributed by atoms with E-state index in [0.717, 1.165) is 5.56 Å². The van der Waals surface area contributed by atoms with Gasteiger partial charge in [0.05, 0.1) is 12.7 Å². The molecular formula is C11H13ClO2. The van der Waals surface area contributed by atoms with Gasteiger partial charge in [0.15, 0.2) is 0 Å². The molecular weight excluding hydrogens is 200 g/mol. The molecule has 76 valence electrons. The molecule has 0 aliphatic rings. The van der Waals surface area contributed by atoms with Crippen LogP contribution in [0.2, 0.25) is 5.02 Å². The van der Waals surface area contributed by atoms with E-state index in [1.54, 1.807) is 18.2 Å². The Kier molecular flexibility index (Phi) is 3.53. The van der Waals surface area contributed by atoms with Crippen LogP contribution in [0.3, 0.4) is 0 Å². The first-order valence-electron chi connectivity index (χ1n) is 4.44. The van der Waals surface area contributed by atoms with Crippen molar-refractivity contribution in [2.75, 3.05) is 7.11 Å². The van der Waals surface area contributed by atoms with E-state index in [2.05, 4.69) is 4.74 Å². The van der Waals surface area contributed by atoms with Crippen molar-refractivity contribution in [3.05, 3.63) is 34.3 Å². The van der Waals surface area contributed by atoms with Gasteiger partial charge >= 0.3 is 5.97 Å². The molecule has 0 unspecified atom stereocenters. The molecule has 0 aliphatic carbocycles. The fraction of sp³-hybridized carbons (Fsp3) is 0.364. The maximum absolute atomic E-state index is 11.4. The van der Waals surface area contributed by atoms with Crippen LogP contribution in [0.1, 0.15) is 35.7 Å². The van der Waals surface area contributed by atoms with Crippen LogP contribution in [0.5, 0.6) is 0 Å². The van der Waals surface area contributed by atoms with Crippen molar-refractivity contribution in [3.63, 3.8) is 0 Å². The zero-order valence-electron chi connectivity index (χ0n) is 8.50. The third-order valence-corrected chi connectivity index (χ3v) is 2.28. The molecule has 0 fully saturated rings. The summed E-state index contributed by atoms with van der Waals surface area (Å²) in [5.74, 6) is -0.0619. The molecule has 0 aliphatic heterocycles. The second-order valence-corrected chi connectivity index (χ2v) is 3.81. The Balaban J connectivity index is 3.21. The maximum atomic E-state index is 11.4. The second kappa shape index (κ2) is 4.47. The van der Waals surface area contributed by atoms with E-state index in [9.17, 15) is 4.79 Å². The van der Waals surface area contributed by atoms with Crippen LogP contribution >= 0.6 is 11.6 Å². The number of methoxy groups -OCH3 is 1. The summed E-state index contributed by atoms with van der Waals surface area (Å²) < 4.78 is 4.68. The van der Waals surface area contributed by atoms with Crippen molar-refractivity contribution in [1.29, 1.82) is 0 Å². The van der Waals surface area contributed by atoms with Crippen molar-refractivity contribution in [2.24, 2.45) is 0 Å². The second-order valence-electron chi connectivity index (χ2n) is 3.38. The SMILES string of the molecule is COC(=O)c1ccc(Cl)cc1C(C)C. The number of rotatable bonds is 2. The van der Waals surface area contributed by atoms with E-state index in [-0.39, 0.29) is 11.9 Å². The highest BCUT2D eigenvalue weighted by atomic mass is 35.5. The van der Waals surface area contributed by atoms with Crippen molar-refractivity contribution >= 4 is 17.6 Å². The third-order valence-electron chi connectivity index (χ3n) is 2.04. The summed E-state index contributed by atoms with van der Waals surface area (Å²) in [6.45, 7) is 4.02. The lowest BCUT2D eigenvalue weighted by atomic mass is 9.97. The van der Waals surface area contributed by atoms with Crippen molar-refractivity contribution < 1.29 is 9.53 Å². The van der Waals surface area contributed by atoms with Crippen molar-refractivity contribution in [1.82, 2.24) is 0 Å². The van der Waals surface area contributed by atoms with Crippen LogP contribution in [-0.4, -0.2) is 13.1 Å². The molecule has 0 amide bonds. The lowest BCUT2D eigenvalue weighted by Crippen LogP contribution is -2.06. The van der Waals surface area contributed by atoms with Gasteiger partial charge in [0, 0.05) is 5.02 Å². The average molecular weight is 213 g/mol. The van der Waals surface area contributed by atoms with Gasteiger partial charge in [0.25, 0.3) is 0 Å². The van der Waals surface area contributed by atoms with E-state index in [1.807, 2.05) is 13.8 Å². The van der Waals surface area contributed by atoms with E-state index in [1.165, 1.54) is 7.11 Å². The Labute approximate surface area is 88.8 Å². The van der Waals surface area contributed by atoms with Gasteiger partial charge in [0.1, 0.15) is 0 Å². The molecule has 14 heavy (non-hydrogen) atoms. The first kappa shape index (κ1) is 11.1. The van der Waals surface area contributed by atoms with Crippen LogP contribution in [0.15, 0.2) is 18.2 Å². The molecule has 3 heteroatoms. The molecule has 0 heterocycles. The molecule has 0 spiro atoms. The fourth-order valence-electron chi connectivity index (χ4n) is 1.31. The van der Waals surface area contributed by atoms with Gasteiger partial charge in [0.2, 0.25) is 0 Å². The number of hydrogen-bond acceptors (Lipinski definition) is 2. The summed E-state index contributed by atoms with van der Waals surface area (Å²) >= 11 is 5.86. The Morgan fingerprint density at radius 2 is 2.07 bits per heavy atom. The first-order valence-corrected chi connectivity index (χ1v) is 4.81. The monoisotopic (exact) mass is 212 g/mol. The number of esters is 1. The number of carbonyl (C=O) groups excluding carboxylic acids is 1. The van der Waals surface area contributed by atoms with Gasteiger partial charge < -0.3 is 4.74 Å². The highest BCUT2D eigenvalue weighted by Gasteiger charge is 2.14. The Hall–Kier alpha value is -1.02. The fourth-order valence-corrected chi connectivity index (χ4v) is 1.49. The number of carbonyl (C=O) groups is 1. The molecule has 1 rings (SSSR count). The van der Waals surface area contributed by atoms with E-state index in [0.29, 0.717) is 10.6 Å². The highest BCUT2D eigenvalue weighted by molar-refractivity contribution is 6.30. The van der Waals surface area contributed by atoms with Gasteiger partial charge in [-0.25, -0.2) is 4.79 Å². The molecule has 0 N–H and O–H groups in total. The minimum Gasteiger partial charge on any atom is -0.465 e. The van der Waals surface area contributed by atoms with Gasteiger partial charge in [-0.15, -0.1) is 0 Å². The Bertz CT molecular complexity index is 345. The molecule has 2 nitrogen and oxygen atoms in total. The summed E-state index contributed by atoms with van der Waals surface area (Å²) in [4.78, 5) is 11.4. The summed E-state index contributed by atoms with van der Waals surface area (Å²) in [6, 6.07) is 5.20. The van der Waals surface area contributed by atoms with Crippen molar-refractivity contribution in [2.45, 2.75) is 19.8 Å². The number of ether oxygens (including phenoxy) is 1. The Morgan fingerprint density at radius 3 is 2.57 bits per heavy atom. The minimum absolute atomic E-state index is 0.253. The largest absolute Gasteiger partial charge is 0.465 e. The quantitative estimate of drug-likeness (QED) is 0.704. The van der Waals surface area contributed by atoms with Gasteiger partial charge in [-0.1, -0.05) is 25.4 Å². The highest BCUT2D eigenvalue weighted by Crippen LogP contribution is 2.23. The molecule has 0 saturated carbocycles. The van der Waals surface area contributed by atoms with Gasteiger partial charge in [-0.3, -0.25) is 0 Å². The zero-order chi connectivity index (χ0) is 10.7. The van der Waals surface area contributed by atoms with Crippen LogP contribution < -0.4 is 0 Å². The standard InChI is InChI=1S/C11H13ClO2/c1-7(2)10-6-8(12)4-5-9(10)11(13)14-3/h4-7H,1-3H3. The lowest BCUT2D eigenvalue weighted by molar-refractivity contribution is 0.0599.